The fourth-order valence-electron chi connectivity index (χ4n) is 1.56. The fourth-order valence-corrected chi connectivity index (χ4v) is 1.97. The molecule has 2 rings (SSSR count). The van der Waals surface area contributed by atoms with Crippen molar-refractivity contribution in [2.45, 2.75) is 6.18 Å². The van der Waals surface area contributed by atoms with Crippen LogP contribution in [0.25, 0.3) is 0 Å². The Kier molecular flexibility index (Phi) is 5.25. The summed E-state index contributed by atoms with van der Waals surface area (Å²) in [4.78, 5) is 30.4. The Morgan fingerprint density at radius 1 is 1.08 bits per heavy atom. The van der Waals surface area contributed by atoms with Gasteiger partial charge < -0.3 is 5.32 Å². The molecule has 0 bridgehead atoms. The van der Waals surface area contributed by atoms with Gasteiger partial charge in [0.05, 0.1) is 11.3 Å². The monoisotopic (exact) mass is 378 g/mol. The summed E-state index contributed by atoms with van der Waals surface area (Å²) in [7, 11) is 0. The highest BCUT2D eigenvalue weighted by Crippen LogP contribution is 2.29. The van der Waals surface area contributed by atoms with Gasteiger partial charge in [-0.15, -0.1) is 0 Å². The van der Waals surface area contributed by atoms with Gasteiger partial charge in [-0.1, -0.05) is 23.2 Å². The van der Waals surface area contributed by atoms with Crippen LogP contribution < -0.4 is 10.6 Å². The molecule has 3 amide bonds. The van der Waals surface area contributed by atoms with E-state index >= 15 is 0 Å². The summed E-state index contributed by atoms with van der Waals surface area (Å²) in [6, 6.07) is 3.37. The van der Waals surface area contributed by atoms with Crippen LogP contribution >= 0.6 is 23.2 Å². The zero-order chi connectivity index (χ0) is 17.9. The van der Waals surface area contributed by atoms with Gasteiger partial charge in [0.2, 0.25) is 0 Å². The van der Waals surface area contributed by atoms with Gasteiger partial charge in [-0.25, -0.2) is 14.8 Å². The van der Waals surface area contributed by atoms with Gasteiger partial charge in [0.25, 0.3) is 5.91 Å². The molecule has 2 aromatic rings. The Morgan fingerprint density at radius 3 is 2.38 bits per heavy atom. The van der Waals surface area contributed by atoms with E-state index in [0.29, 0.717) is 6.07 Å². The van der Waals surface area contributed by atoms with E-state index in [1.807, 2.05) is 5.32 Å². The van der Waals surface area contributed by atoms with E-state index in [0.717, 1.165) is 6.07 Å². The largest absolute Gasteiger partial charge is 0.433 e. The summed E-state index contributed by atoms with van der Waals surface area (Å²) >= 11 is 11.3. The van der Waals surface area contributed by atoms with Crippen LogP contribution in [0, 0.1) is 0 Å². The summed E-state index contributed by atoms with van der Waals surface area (Å²) in [6.45, 7) is 0. The number of aromatic nitrogens is 2. The number of pyridine rings is 2. The molecule has 0 radical (unpaired) electrons. The lowest BCUT2D eigenvalue weighted by molar-refractivity contribution is -0.141. The number of hydrogen-bond acceptors (Lipinski definition) is 4. The molecule has 0 saturated heterocycles. The molecule has 24 heavy (non-hydrogen) atoms. The number of anilines is 1. The highest BCUT2D eigenvalue weighted by molar-refractivity contribution is 6.33. The lowest BCUT2D eigenvalue weighted by atomic mass is 10.2. The van der Waals surface area contributed by atoms with E-state index in [1.165, 1.54) is 18.3 Å². The molecule has 0 atom stereocenters. The number of nitrogens with one attached hydrogen (secondary N) is 2. The van der Waals surface area contributed by atoms with Crippen molar-refractivity contribution in [1.82, 2.24) is 15.3 Å². The van der Waals surface area contributed by atoms with Gasteiger partial charge in [0.15, 0.2) is 5.15 Å². The molecule has 11 heteroatoms. The van der Waals surface area contributed by atoms with Crippen molar-refractivity contribution in [1.29, 1.82) is 0 Å². The van der Waals surface area contributed by atoms with Crippen molar-refractivity contribution in [3.8, 4) is 0 Å². The second-order valence-corrected chi connectivity index (χ2v) is 5.00. The molecule has 0 aliphatic rings. The van der Waals surface area contributed by atoms with Gasteiger partial charge in [0, 0.05) is 6.20 Å². The minimum atomic E-state index is -4.70. The lowest BCUT2D eigenvalue weighted by Gasteiger charge is -2.10. The highest BCUT2D eigenvalue weighted by Gasteiger charge is 2.33. The van der Waals surface area contributed by atoms with Crippen LogP contribution in [-0.4, -0.2) is 21.9 Å². The molecular formula is C13H7Cl2F3N4O2. The van der Waals surface area contributed by atoms with E-state index in [-0.39, 0.29) is 10.8 Å². The van der Waals surface area contributed by atoms with Crippen LogP contribution in [0.15, 0.2) is 30.5 Å². The van der Waals surface area contributed by atoms with E-state index in [2.05, 4.69) is 15.3 Å². The van der Waals surface area contributed by atoms with Gasteiger partial charge >= 0.3 is 12.2 Å². The molecule has 0 aliphatic heterocycles. The van der Waals surface area contributed by atoms with Crippen molar-refractivity contribution in [2.75, 3.05) is 5.32 Å². The van der Waals surface area contributed by atoms with Crippen molar-refractivity contribution in [2.24, 2.45) is 0 Å². The zero-order valence-electron chi connectivity index (χ0n) is 11.5. The average Bonchev–Trinajstić information content (AvgIpc) is 2.48. The number of amides is 3. The SMILES string of the molecule is O=C(NC(=O)c1ccc(C(F)(F)F)nc1Cl)Nc1cccnc1Cl. The summed E-state index contributed by atoms with van der Waals surface area (Å²) in [5.74, 6) is -1.03. The van der Waals surface area contributed by atoms with E-state index in [9.17, 15) is 22.8 Å². The number of imide groups is 1. The molecular weight excluding hydrogens is 372 g/mol. The number of halogens is 5. The average molecular weight is 379 g/mol. The first-order valence-electron chi connectivity index (χ1n) is 6.15. The first-order chi connectivity index (χ1) is 11.2. The van der Waals surface area contributed by atoms with Crippen LogP contribution in [0.5, 0.6) is 0 Å². The molecule has 2 aromatic heterocycles. The van der Waals surface area contributed by atoms with Crippen LogP contribution in [0.1, 0.15) is 16.1 Å². The highest BCUT2D eigenvalue weighted by atomic mass is 35.5. The van der Waals surface area contributed by atoms with E-state index < -0.39 is 34.5 Å². The van der Waals surface area contributed by atoms with Crippen molar-refractivity contribution in [3.63, 3.8) is 0 Å². The first-order valence-corrected chi connectivity index (χ1v) is 6.90. The number of carbonyl (C=O) groups is 2. The quantitative estimate of drug-likeness (QED) is 0.779. The van der Waals surface area contributed by atoms with Gasteiger partial charge in [-0.2, -0.15) is 13.2 Å². The number of hydrogen-bond donors (Lipinski definition) is 2. The number of nitrogens with zero attached hydrogens (tertiary/aromatic N) is 2. The Hall–Kier alpha value is -2.39. The molecule has 2 N–H and O–H groups in total. The number of rotatable bonds is 2. The fraction of sp³-hybridized carbons (Fsp3) is 0.0769. The summed E-state index contributed by atoms with van der Waals surface area (Å²) in [5.41, 5.74) is -1.51. The number of alkyl halides is 3. The molecule has 0 spiro atoms. The molecule has 2 heterocycles. The van der Waals surface area contributed by atoms with Gasteiger partial charge in [0.1, 0.15) is 10.8 Å². The topological polar surface area (TPSA) is 84.0 Å². The second kappa shape index (κ2) is 7.02. The van der Waals surface area contributed by atoms with Gasteiger partial charge in [-0.3, -0.25) is 10.1 Å². The zero-order valence-corrected chi connectivity index (χ0v) is 13.0. The summed E-state index contributed by atoms with van der Waals surface area (Å²) in [5, 5.41) is 3.46. The third-order valence-electron chi connectivity index (χ3n) is 2.62. The maximum Gasteiger partial charge on any atom is 0.433 e. The van der Waals surface area contributed by atoms with Crippen molar-refractivity contribution >= 4 is 40.8 Å². The number of urea groups is 1. The van der Waals surface area contributed by atoms with E-state index in [1.54, 1.807) is 0 Å². The first kappa shape index (κ1) is 18.0. The molecule has 0 aliphatic carbocycles. The minimum Gasteiger partial charge on any atom is -0.305 e. The number of carbonyl (C=O) groups excluding carboxylic acids is 2. The Morgan fingerprint density at radius 2 is 1.79 bits per heavy atom. The van der Waals surface area contributed by atoms with Crippen LogP contribution in [0.2, 0.25) is 10.3 Å². The molecule has 0 saturated carbocycles. The predicted octanol–water partition coefficient (Wildman–Crippen LogP) is 3.76. The molecule has 6 nitrogen and oxygen atoms in total. The Bertz CT molecular complexity index is 799. The summed E-state index contributed by atoms with van der Waals surface area (Å²) < 4.78 is 37.5. The normalized spacial score (nSPS) is 11.0. The smallest absolute Gasteiger partial charge is 0.305 e. The maximum absolute atomic E-state index is 12.5. The molecule has 0 unspecified atom stereocenters. The summed E-state index contributed by atoms with van der Waals surface area (Å²) in [6.07, 6.45) is -3.31. The standard InChI is InChI=1S/C13H7Cl2F3N4O2/c14-9-6(3-4-8(21-9)13(16,17)18)11(23)22-12(24)20-7-2-1-5-19-10(7)15/h1-5H,(H2,20,22,23,24). The van der Waals surface area contributed by atoms with Crippen LogP contribution in [0.4, 0.5) is 23.7 Å². The van der Waals surface area contributed by atoms with Gasteiger partial charge in [-0.05, 0) is 24.3 Å². The third-order valence-corrected chi connectivity index (χ3v) is 3.21. The lowest BCUT2D eigenvalue weighted by Crippen LogP contribution is -2.34. The predicted molar refractivity (Wildman–Crippen MR) is 80.0 cm³/mol. The van der Waals surface area contributed by atoms with Crippen LogP contribution in [-0.2, 0) is 6.18 Å². The molecule has 0 fully saturated rings. The van der Waals surface area contributed by atoms with Crippen molar-refractivity contribution < 1.29 is 22.8 Å². The molecule has 0 aromatic carbocycles. The van der Waals surface area contributed by atoms with E-state index in [4.69, 9.17) is 23.2 Å². The minimum absolute atomic E-state index is 0.00525. The third kappa shape index (κ3) is 4.33. The Labute approximate surface area is 143 Å². The second-order valence-electron chi connectivity index (χ2n) is 4.28. The van der Waals surface area contributed by atoms with Crippen LogP contribution in [0.3, 0.4) is 0 Å². The Balaban J connectivity index is 2.10. The molecule has 126 valence electrons. The van der Waals surface area contributed by atoms with Crippen molar-refractivity contribution in [3.05, 3.63) is 52.0 Å². The maximum atomic E-state index is 12.5.